The number of carbonyl (C=O) groups is 2. The number of ether oxygens (including phenoxy) is 1. The Morgan fingerprint density at radius 1 is 1.26 bits per heavy atom. The molecule has 0 aliphatic rings. The minimum absolute atomic E-state index is 0.178. The number of aromatic nitrogens is 2. The molecular weight excluding hydrogens is 318 g/mol. The number of benzene rings is 1. The van der Waals surface area contributed by atoms with Crippen molar-refractivity contribution in [2.75, 3.05) is 11.9 Å². The monoisotopic (exact) mass is 331 g/mol. The molecule has 0 saturated carbocycles. The van der Waals surface area contributed by atoms with Crippen molar-refractivity contribution in [3.8, 4) is 0 Å². The van der Waals surface area contributed by atoms with E-state index in [1.165, 1.54) is 12.3 Å². The van der Waals surface area contributed by atoms with Crippen molar-refractivity contribution in [3.63, 3.8) is 0 Å². The number of esters is 1. The molecule has 0 aliphatic carbocycles. The van der Waals surface area contributed by atoms with Gasteiger partial charge in [-0.3, -0.25) is 9.59 Å². The van der Waals surface area contributed by atoms with E-state index in [1.54, 1.807) is 11.3 Å². The van der Waals surface area contributed by atoms with Gasteiger partial charge >= 0.3 is 5.97 Å². The lowest BCUT2D eigenvalue weighted by atomic mass is 10.3. The zero-order chi connectivity index (χ0) is 16.1. The highest BCUT2D eigenvalue weighted by Gasteiger charge is 2.11. The summed E-state index contributed by atoms with van der Waals surface area (Å²) in [6, 6.07) is 9.29. The third kappa shape index (κ3) is 4.13. The van der Waals surface area contributed by atoms with Gasteiger partial charge in [0.05, 0.1) is 21.6 Å². The van der Waals surface area contributed by atoms with Gasteiger partial charge in [-0.05, 0) is 12.1 Å². The third-order valence-electron chi connectivity index (χ3n) is 2.95. The van der Waals surface area contributed by atoms with Crippen molar-refractivity contribution in [1.82, 2.24) is 10.1 Å². The maximum absolute atomic E-state index is 11.7. The van der Waals surface area contributed by atoms with E-state index < -0.39 is 11.9 Å². The van der Waals surface area contributed by atoms with E-state index in [0.29, 0.717) is 6.42 Å². The van der Waals surface area contributed by atoms with E-state index in [2.05, 4.69) is 20.0 Å². The molecule has 3 rings (SSSR count). The Bertz CT molecular complexity index is 780. The molecule has 0 saturated heterocycles. The van der Waals surface area contributed by atoms with Crippen LogP contribution in [0.25, 0.3) is 10.2 Å². The van der Waals surface area contributed by atoms with Crippen LogP contribution in [0.5, 0.6) is 0 Å². The standard InChI is InChI=1S/C15H13N3O4S/c19-13(17-12-7-8-22-18-12)9-21-15(20)6-5-14-16-10-3-1-2-4-11(10)23-14/h1-4,7-8H,5-6,9H2,(H,17,18,19). The minimum atomic E-state index is -0.466. The fourth-order valence-electron chi connectivity index (χ4n) is 1.91. The Balaban J connectivity index is 1.43. The first-order valence-corrected chi connectivity index (χ1v) is 7.72. The first kappa shape index (κ1) is 15.2. The van der Waals surface area contributed by atoms with Crippen molar-refractivity contribution in [1.29, 1.82) is 0 Å². The number of thiazole rings is 1. The zero-order valence-corrected chi connectivity index (χ0v) is 12.8. The molecule has 0 aliphatic heterocycles. The van der Waals surface area contributed by atoms with Gasteiger partial charge in [0.1, 0.15) is 6.26 Å². The van der Waals surface area contributed by atoms with E-state index in [4.69, 9.17) is 4.74 Å². The van der Waals surface area contributed by atoms with E-state index >= 15 is 0 Å². The number of aryl methyl sites for hydroxylation is 1. The third-order valence-corrected chi connectivity index (χ3v) is 4.05. The molecule has 23 heavy (non-hydrogen) atoms. The highest BCUT2D eigenvalue weighted by atomic mass is 32.1. The summed E-state index contributed by atoms with van der Waals surface area (Å²) in [7, 11) is 0. The van der Waals surface area contributed by atoms with Crippen LogP contribution >= 0.6 is 11.3 Å². The van der Waals surface area contributed by atoms with Gasteiger partial charge in [0.15, 0.2) is 12.4 Å². The second kappa shape index (κ2) is 7.01. The predicted octanol–water partition coefficient (Wildman–Crippen LogP) is 2.40. The summed E-state index contributed by atoms with van der Waals surface area (Å²) in [6.45, 7) is -0.356. The van der Waals surface area contributed by atoms with Crippen LogP contribution in [-0.2, 0) is 20.7 Å². The van der Waals surface area contributed by atoms with E-state index in [9.17, 15) is 9.59 Å². The van der Waals surface area contributed by atoms with E-state index in [-0.39, 0.29) is 18.8 Å². The normalized spacial score (nSPS) is 10.6. The van der Waals surface area contributed by atoms with Crippen LogP contribution in [0.1, 0.15) is 11.4 Å². The molecule has 118 valence electrons. The number of rotatable bonds is 6. The molecule has 3 aromatic rings. The fourth-order valence-corrected chi connectivity index (χ4v) is 2.88. The molecule has 0 fully saturated rings. The molecule has 7 nitrogen and oxygen atoms in total. The Hall–Kier alpha value is -2.74. The summed E-state index contributed by atoms with van der Waals surface area (Å²) in [5.74, 6) is -0.632. The topological polar surface area (TPSA) is 94.3 Å². The van der Waals surface area contributed by atoms with Crippen molar-refractivity contribution in [2.24, 2.45) is 0 Å². The predicted molar refractivity (Wildman–Crippen MR) is 84.0 cm³/mol. The molecule has 0 atom stereocenters. The number of nitrogens with one attached hydrogen (secondary N) is 1. The summed E-state index contributed by atoms with van der Waals surface area (Å²) in [5, 5.41) is 6.83. The van der Waals surface area contributed by atoms with Crippen molar-refractivity contribution in [2.45, 2.75) is 12.8 Å². The summed E-state index contributed by atoms with van der Waals surface area (Å²) in [5.41, 5.74) is 0.924. The first-order chi connectivity index (χ1) is 11.2. The molecule has 2 aromatic heterocycles. The summed E-state index contributed by atoms with van der Waals surface area (Å²) >= 11 is 1.55. The summed E-state index contributed by atoms with van der Waals surface area (Å²) < 4.78 is 10.6. The SMILES string of the molecule is O=C(COC(=O)CCc1nc2ccccc2s1)Nc1ccon1. The lowest BCUT2D eigenvalue weighted by Gasteiger charge is -2.03. The van der Waals surface area contributed by atoms with Crippen LogP contribution in [0, 0.1) is 0 Å². The zero-order valence-electron chi connectivity index (χ0n) is 12.0. The van der Waals surface area contributed by atoms with Gasteiger partial charge in [-0.2, -0.15) is 0 Å². The number of fused-ring (bicyclic) bond motifs is 1. The number of hydrogen-bond donors (Lipinski definition) is 1. The number of amides is 1. The molecule has 1 amide bonds. The van der Waals surface area contributed by atoms with Gasteiger partial charge in [-0.1, -0.05) is 17.3 Å². The number of carbonyl (C=O) groups excluding carboxylic acids is 2. The number of para-hydroxylation sites is 1. The van der Waals surface area contributed by atoms with Crippen molar-refractivity contribution < 1.29 is 18.8 Å². The maximum Gasteiger partial charge on any atom is 0.306 e. The largest absolute Gasteiger partial charge is 0.456 e. The molecule has 1 N–H and O–H groups in total. The quantitative estimate of drug-likeness (QED) is 0.697. The molecule has 8 heteroatoms. The number of anilines is 1. The maximum atomic E-state index is 11.7. The molecule has 0 spiro atoms. The second-order valence-corrected chi connectivity index (χ2v) is 5.78. The number of hydrogen-bond acceptors (Lipinski definition) is 7. The van der Waals surface area contributed by atoms with Gasteiger partial charge in [0, 0.05) is 12.5 Å². The molecule has 0 unspecified atom stereocenters. The lowest BCUT2D eigenvalue weighted by Crippen LogP contribution is -2.21. The molecule has 0 radical (unpaired) electrons. The van der Waals surface area contributed by atoms with E-state index in [1.807, 2.05) is 24.3 Å². The average molecular weight is 331 g/mol. The Kier molecular flexibility index (Phi) is 4.62. The van der Waals surface area contributed by atoms with Crippen LogP contribution in [0.4, 0.5) is 5.82 Å². The van der Waals surface area contributed by atoms with Crippen LogP contribution in [0.2, 0.25) is 0 Å². The number of nitrogens with zero attached hydrogens (tertiary/aromatic N) is 2. The van der Waals surface area contributed by atoms with Gasteiger partial charge in [0.2, 0.25) is 0 Å². The Labute approximate surface area is 135 Å². The second-order valence-electron chi connectivity index (χ2n) is 4.67. The van der Waals surface area contributed by atoms with Gasteiger partial charge in [-0.25, -0.2) is 4.98 Å². The van der Waals surface area contributed by atoms with Gasteiger partial charge < -0.3 is 14.6 Å². The van der Waals surface area contributed by atoms with Gasteiger partial charge in [0.25, 0.3) is 5.91 Å². The Morgan fingerprint density at radius 2 is 2.13 bits per heavy atom. The molecule has 1 aromatic carbocycles. The Morgan fingerprint density at radius 3 is 2.91 bits per heavy atom. The van der Waals surface area contributed by atoms with Crippen LogP contribution in [0.15, 0.2) is 41.1 Å². The minimum Gasteiger partial charge on any atom is -0.456 e. The molecule has 2 heterocycles. The average Bonchev–Trinajstić information content (AvgIpc) is 3.19. The van der Waals surface area contributed by atoms with Gasteiger partial charge in [-0.15, -0.1) is 11.3 Å². The first-order valence-electron chi connectivity index (χ1n) is 6.91. The van der Waals surface area contributed by atoms with Crippen molar-refractivity contribution >= 4 is 39.2 Å². The highest BCUT2D eigenvalue weighted by Crippen LogP contribution is 2.22. The fraction of sp³-hybridized carbons (Fsp3) is 0.200. The van der Waals surface area contributed by atoms with Crippen LogP contribution in [0.3, 0.4) is 0 Å². The van der Waals surface area contributed by atoms with E-state index in [0.717, 1.165) is 15.2 Å². The summed E-state index contributed by atoms with van der Waals surface area (Å²) in [6.07, 6.45) is 2.00. The van der Waals surface area contributed by atoms with Crippen LogP contribution < -0.4 is 5.32 Å². The lowest BCUT2D eigenvalue weighted by molar-refractivity contribution is -0.147. The van der Waals surface area contributed by atoms with Crippen LogP contribution in [-0.4, -0.2) is 28.6 Å². The smallest absolute Gasteiger partial charge is 0.306 e. The summed E-state index contributed by atoms with van der Waals surface area (Å²) in [4.78, 5) is 27.6. The van der Waals surface area contributed by atoms with Crippen molar-refractivity contribution in [3.05, 3.63) is 41.6 Å². The molecule has 0 bridgehead atoms. The molecular formula is C15H13N3O4S. The highest BCUT2D eigenvalue weighted by molar-refractivity contribution is 7.18.